The summed E-state index contributed by atoms with van der Waals surface area (Å²) in [7, 11) is 5.60. The number of nitrogens with zero attached hydrogens (tertiary/aromatic N) is 2. The van der Waals surface area contributed by atoms with Gasteiger partial charge in [-0.25, -0.2) is 4.79 Å². The zero-order valence-corrected chi connectivity index (χ0v) is 18.7. The Kier molecular flexibility index (Phi) is 8.05. The molecule has 0 fully saturated rings. The third kappa shape index (κ3) is 6.21. The average Bonchev–Trinajstić information content (AvgIpc) is 2.80. The molecule has 3 aromatic rings. The second-order valence-electron chi connectivity index (χ2n) is 7.77. The van der Waals surface area contributed by atoms with Crippen molar-refractivity contribution in [2.24, 2.45) is 0 Å². The van der Waals surface area contributed by atoms with E-state index in [1.807, 2.05) is 68.7 Å². The van der Waals surface area contributed by atoms with Crippen LogP contribution in [0.3, 0.4) is 0 Å². The van der Waals surface area contributed by atoms with E-state index in [1.54, 1.807) is 30.0 Å². The molecule has 1 unspecified atom stereocenters. The largest absolute Gasteiger partial charge is 0.496 e. The fourth-order valence-corrected chi connectivity index (χ4v) is 3.50. The number of urea groups is 1. The number of carbonyl (C=O) groups is 1. The van der Waals surface area contributed by atoms with E-state index >= 15 is 0 Å². The van der Waals surface area contributed by atoms with Crippen LogP contribution in [-0.4, -0.2) is 43.2 Å². The molecule has 168 valence electrons. The van der Waals surface area contributed by atoms with E-state index in [0.717, 1.165) is 22.4 Å². The Morgan fingerprint density at radius 1 is 0.969 bits per heavy atom. The lowest BCUT2D eigenvalue weighted by Gasteiger charge is -2.26. The Balaban J connectivity index is 1.52. The van der Waals surface area contributed by atoms with Gasteiger partial charge in [0, 0.05) is 30.9 Å². The highest BCUT2D eigenvalue weighted by Crippen LogP contribution is 2.27. The van der Waals surface area contributed by atoms with Crippen LogP contribution < -0.4 is 20.9 Å². The first kappa shape index (κ1) is 23.1. The minimum Gasteiger partial charge on any atom is -0.496 e. The molecule has 2 amide bonds. The van der Waals surface area contributed by atoms with Crippen molar-refractivity contribution < 1.29 is 9.53 Å². The standard InChI is InChI=1S/C25H30N4O3/c1-28(2)22(21-8-4-5-9-23(21)32-3)17-27-25(31)26-16-19-11-13-20(14-12-19)18-29-15-7-6-10-24(29)30/h4-15,22H,16-18H2,1-3H3,(H2,26,27,31). The first-order valence-electron chi connectivity index (χ1n) is 10.5. The third-order valence-electron chi connectivity index (χ3n) is 5.31. The van der Waals surface area contributed by atoms with Gasteiger partial charge in [-0.05, 0) is 37.4 Å². The number of methoxy groups -OCH3 is 1. The SMILES string of the molecule is COc1ccccc1C(CNC(=O)NCc1ccc(Cn2ccccc2=O)cc1)N(C)C. The van der Waals surface area contributed by atoms with Gasteiger partial charge in [0.1, 0.15) is 5.75 Å². The first-order chi connectivity index (χ1) is 15.5. The van der Waals surface area contributed by atoms with E-state index in [4.69, 9.17) is 4.74 Å². The van der Waals surface area contributed by atoms with E-state index in [-0.39, 0.29) is 17.6 Å². The van der Waals surface area contributed by atoms with Crippen molar-refractivity contribution in [2.45, 2.75) is 19.1 Å². The van der Waals surface area contributed by atoms with Crippen molar-refractivity contribution in [3.8, 4) is 5.75 Å². The van der Waals surface area contributed by atoms with Gasteiger partial charge in [-0.15, -0.1) is 0 Å². The number of carbonyl (C=O) groups excluding carboxylic acids is 1. The normalized spacial score (nSPS) is 11.8. The molecule has 0 aliphatic rings. The predicted octanol–water partition coefficient (Wildman–Crippen LogP) is 3.01. The number of aromatic nitrogens is 1. The molecule has 32 heavy (non-hydrogen) atoms. The molecule has 7 nitrogen and oxygen atoms in total. The Morgan fingerprint density at radius 2 is 1.66 bits per heavy atom. The molecule has 0 radical (unpaired) electrons. The van der Waals surface area contributed by atoms with Crippen LogP contribution >= 0.6 is 0 Å². The van der Waals surface area contributed by atoms with Gasteiger partial charge in [0.25, 0.3) is 5.56 Å². The van der Waals surface area contributed by atoms with Gasteiger partial charge in [0.2, 0.25) is 0 Å². The number of para-hydroxylation sites is 1. The molecule has 2 N–H and O–H groups in total. The monoisotopic (exact) mass is 434 g/mol. The van der Waals surface area contributed by atoms with Gasteiger partial charge in [0.05, 0.1) is 19.7 Å². The average molecular weight is 435 g/mol. The van der Waals surface area contributed by atoms with Crippen molar-refractivity contribution in [1.29, 1.82) is 0 Å². The van der Waals surface area contributed by atoms with Crippen LogP contribution in [0, 0.1) is 0 Å². The second kappa shape index (κ2) is 11.2. The smallest absolute Gasteiger partial charge is 0.315 e. The van der Waals surface area contributed by atoms with Crippen LogP contribution in [0.1, 0.15) is 22.7 Å². The summed E-state index contributed by atoms with van der Waals surface area (Å²) in [5, 5.41) is 5.85. The Labute approximate surface area is 188 Å². The molecule has 0 saturated heterocycles. The number of nitrogens with one attached hydrogen (secondary N) is 2. The van der Waals surface area contributed by atoms with Crippen LogP contribution in [0.2, 0.25) is 0 Å². The molecule has 0 saturated carbocycles. The van der Waals surface area contributed by atoms with Crippen molar-refractivity contribution in [1.82, 2.24) is 20.1 Å². The molecule has 0 bridgehead atoms. The highest BCUT2D eigenvalue weighted by molar-refractivity contribution is 5.73. The summed E-state index contributed by atoms with van der Waals surface area (Å²) < 4.78 is 7.12. The molecule has 1 aromatic heterocycles. The van der Waals surface area contributed by atoms with Crippen LogP contribution in [0.15, 0.2) is 77.7 Å². The lowest BCUT2D eigenvalue weighted by molar-refractivity contribution is 0.231. The molecular formula is C25H30N4O3. The van der Waals surface area contributed by atoms with Gasteiger partial charge in [-0.1, -0.05) is 48.5 Å². The molecule has 2 aromatic carbocycles. The molecule has 0 spiro atoms. The summed E-state index contributed by atoms with van der Waals surface area (Å²) in [6.45, 7) is 1.38. The van der Waals surface area contributed by atoms with Gasteiger partial charge in [0.15, 0.2) is 0 Å². The molecule has 1 atom stereocenters. The summed E-state index contributed by atoms with van der Waals surface area (Å²) in [5.74, 6) is 0.797. The van der Waals surface area contributed by atoms with Crippen LogP contribution in [0.4, 0.5) is 4.79 Å². The second-order valence-corrected chi connectivity index (χ2v) is 7.77. The van der Waals surface area contributed by atoms with Gasteiger partial charge >= 0.3 is 6.03 Å². The van der Waals surface area contributed by atoms with Gasteiger partial charge < -0.3 is 24.8 Å². The maximum Gasteiger partial charge on any atom is 0.315 e. The number of benzene rings is 2. The highest BCUT2D eigenvalue weighted by atomic mass is 16.5. The minimum atomic E-state index is -0.230. The molecule has 0 aliphatic carbocycles. The summed E-state index contributed by atoms with van der Waals surface area (Å²) in [4.78, 5) is 26.3. The fraction of sp³-hybridized carbons (Fsp3) is 0.280. The molecule has 0 aliphatic heterocycles. The van der Waals surface area contributed by atoms with Crippen molar-refractivity contribution in [3.05, 3.63) is 100.0 Å². The quantitative estimate of drug-likeness (QED) is 0.543. The van der Waals surface area contributed by atoms with E-state index in [9.17, 15) is 9.59 Å². The number of pyridine rings is 1. The Hall–Kier alpha value is -3.58. The number of rotatable bonds is 9. The number of hydrogen-bond acceptors (Lipinski definition) is 4. The minimum absolute atomic E-state index is 0.0161. The van der Waals surface area contributed by atoms with Crippen molar-refractivity contribution in [2.75, 3.05) is 27.7 Å². The predicted molar refractivity (Wildman–Crippen MR) is 126 cm³/mol. The number of ether oxygens (including phenoxy) is 1. The lowest BCUT2D eigenvalue weighted by Crippen LogP contribution is -2.40. The van der Waals surface area contributed by atoms with Gasteiger partial charge in [-0.2, -0.15) is 0 Å². The van der Waals surface area contributed by atoms with Crippen molar-refractivity contribution >= 4 is 6.03 Å². The zero-order chi connectivity index (χ0) is 22.9. The number of hydrogen-bond donors (Lipinski definition) is 2. The third-order valence-corrected chi connectivity index (χ3v) is 5.31. The summed E-state index contributed by atoms with van der Waals surface area (Å²) >= 11 is 0. The number of amides is 2. The van der Waals surface area contributed by atoms with Crippen molar-refractivity contribution in [3.63, 3.8) is 0 Å². The molecular weight excluding hydrogens is 404 g/mol. The van der Waals surface area contributed by atoms with Crippen LogP contribution in [0.5, 0.6) is 5.75 Å². The van der Waals surface area contributed by atoms with E-state index in [0.29, 0.717) is 19.6 Å². The maximum atomic E-state index is 12.4. The zero-order valence-electron chi connectivity index (χ0n) is 18.7. The summed E-state index contributed by atoms with van der Waals surface area (Å²) in [6.07, 6.45) is 1.77. The topological polar surface area (TPSA) is 75.6 Å². The van der Waals surface area contributed by atoms with Crippen LogP contribution in [0.25, 0.3) is 0 Å². The highest BCUT2D eigenvalue weighted by Gasteiger charge is 2.18. The maximum absolute atomic E-state index is 12.4. The van der Waals surface area contributed by atoms with E-state index in [2.05, 4.69) is 15.5 Å². The van der Waals surface area contributed by atoms with E-state index < -0.39 is 0 Å². The van der Waals surface area contributed by atoms with Gasteiger partial charge in [-0.3, -0.25) is 4.79 Å². The summed E-state index contributed by atoms with van der Waals surface area (Å²) in [6, 6.07) is 20.6. The fourth-order valence-electron chi connectivity index (χ4n) is 3.50. The molecule has 1 heterocycles. The number of likely N-dealkylation sites (N-methyl/N-ethyl adjacent to an activating group) is 1. The van der Waals surface area contributed by atoms with E-state index in [1.165, 1.54) is 0 Å². The first-order valence-corrected chi connectivity index (χ1v) is 10.5. The molecule has 3 rings (SSSR count). The molecule has 7 heteroatoms. The Bertz CT molecular complexity index is 1080. The van der Waals surface area contributed by atoms with Crippen LogP contribution in [-0.2, 0) is 13.1 Å². The summed E-state index contributed by atoms with van der Waals surface area (Å²) in [5.41, 5.74) is 3.00. The Morgan fingerprint density at radius 3 is 2.34 bits per heavy atom. The lowest BCUT2D eigenvalue weighted by atomic mass is 10.0.